The van der Waals surface area contributed by atoms with E-state index in [0.29, 0.717) is 0 Å². The van der Waals surface area contributed by atoms with Gasteiger partial charge in [0.15, 0.2) is 0 Å². The van der Waals surface area contributed by atoms with Gasteiger partial charge in [0.1, 0.15) is 0 Å². The fourth-order valence-electron chi connectivity index (χ4n) is 1.66. The summed E-state index contributed by atoms with van der Waals surface area (Å²) >= 11 is 1.82. The first-order valence-electron chi connectivity index (χ1n) is 5.92. The molecule has 0 bridgehead atoms. The van der Waals surface area contributed by atoms with Crippen LogP contribution in [0, 0.1) is 0 Å². The lowest BCUT2D eigenvalue weighted by molar-refractivity contribution is 0.557. The molecule has 6 heteroatoms. The zero-order chi connectivity index (χ0) is 11.9. The van der Waals surface area contributed by atoms with E-state index < -0.39 is 10.0 Å². The van der Waals surface area contributed by atoms with E-state index in [1.807, 2.05) is 11.8 Å². The van der Waals surface area contributed by atoms with Crippen LogP contribution in [0.25, 0.3) is 0 Å². The number of hydrogen-bond acceptors (Lipinski definition) is 4. The van der Waals surface area contributed by atoms with Crippen molar-refractivity contribution in [2.24, 2.45) is 0 Å². The number of sulfonamides is 1. The maximum atomic E-state index is 11.7. The molecule has 1 heterocycles. The second-order valence-electron chi connectivity index (χ2n) is 4.06. The molecule has 0 radical (unpaired) electrons. The summed E-state index contributed by atoms with van der Waals surface area (Å²) in [5.74, 6) is 2.27. The monoisotopic (exact) mass is 266 g/mol. The van der Waals surface area contributed by atoms with Gasteiger partial charge in [-0.25, -0.2) is 13.1 Å². The molecule has 0 amide bonds. The molecule has 1 aliphatic heterocycles. The molecule has 1 rings (SSSR count). The summed E-state index contributed by atoms with van der Waals surface area (Å²) in [6.45, 7) is 3.91. The largest absolute Gasteiger partial charge is 0.317 e. The number of rotatable bonds is 8. The Balaban J connectivity index is 2.13. The third-order valence-electron chi connectivity index (χ3n) is 2.54. The van der Waals surface area contributed by atoms with Crippen molar-refractivity contribution in [2.45, 2.75) is 32.2 Å². The summed E-state index contributed by atoms with van der Waals surface area (Å²) in [6, 6.07) is 0.170. The molecule has 0 spiro atoms. The number of hydrogen-bond donors (Lipinski definition) is 2. The second kappa shape index (κ2) is 7.53. The molecule has 0 saturated carbocycles. The van der Waals surface area contributed by atoms with Gasteiger partial charge in [-0.05, 0) is 38.1 Å². The van der Waals surface area contributed by atoms with Crippen molar-refractivity contribution in [3.8, 4) is 0 Å². The summed E-state index contributed by atoms with van der Waals surface area (Å²) < 4.78 is 26.1. The molecular formula is C10H22N2O2S2. The Kier molecular flexibility index (Phi) is 6.72. The fraction of sp³-hybridized carbons (Fsp3) is 1.00. The Hall–Kier alpha value is 0.220. The van der Waals surface area contributed by atoms with Crippen molar-refractivity contribution in [1.29, 1.82) is 0 Å². The van der Waals surface area contributed by atoms with Gasteiger partial charge in [0.25, 0.3) is 0 Å². The van der Waals surface area contributed by atoms with Crippen LogP contribution >= 0.6 is 11.8 Å². The average Bonchev–Trinajstić information content (AvgIpc) is 2.69. The van der Waals surface area contributed by atoms with E-state index in [1.54, 1.807) is 0 Å². The number of nitrogens with one attached hydrogen (secondary N) is 2. The second-order valence-corrected chi connectivity index (χ2v) is 7.08. The molecule has 1 atom stereocenters. The molecule has 1 aliphatic rings. The molecular weight excluding hydrogens is 244 g/mol. The zero-order valence-corrected chi connectivity index (χ0v) is 11.5. The Morgan fingerprint density at radius 3 is 2.81 bits per heavy atom. The van der Waals surface area contributed by atoms with Crippen molar-refractivity contribution in [2.75, 3.05) is 30.3 Å². The molecule has 2 N–H and O–H groups in total. The minimum absolute atomic E-state index is 0.170. The van der Waals surface area contributed by atoms with E-state index in [0.717, 1.165) is 43.9 Å². The highest BCUT2D eigenvalue weighted by molar-refractivity contribution is 7.99. The van der Waals surface area contributed by atoms with Crippen LogP contribution in [-0.4, -0.2) is 44.8 Å². The van der Waals surface area contributed by atoms with Crippen molar-refractivity contribution >= 4 is 21.8 Å². The van der Waals surface area contributed by atoms with Crippen LogP contribution in [-0.2, 0) is 10.0 Å². The summed E-state index contributed by atoms with van der Waals surface area (Å²) in [5, 5.41) is 3.19. The Morgan fingerprint density at radius 1 is 1.38 bits per heavy atom. The maximum absolute atomic E-state index is 11.7. The quantitative estimate of drug-likeness (QED) is 0.638. The van der Waals surface area contributed by atoms with E-state index >= 15 is 0 Å². The van der Waals surface area contributed by atoms with Gasteiger partial charge < -0.3 is 5.32 Å². The van der Waals surface area contributed by atoms with Crippen LogP contribution in [0.3, 0.4) is 0 Å². The molecule has 96 valence electrons. The average molecular weight is 266 g/mol. The summed E-state index contributed by atoms with van der Waals surface area (Å²) in [7, 11) is -3.04. The molecule has 1 fully saturated rings. The van der Waals surface area contributed by atoms with Crippen molar-refractivity contribution in [3.63, 3.8) is 0 Å². The van der Waals surface area contributed by atoms with Crippen LogP contribution in [0.5, 0.6) is 0 Å². The van der Waals surface area contributed by atoms with Gasteiger partial charge in [0.2, 0.25) is 10.0 Å². The highest BCUT2D eigenvalue weighted by Crippen LogP contribution is 2.17. The lowest BCUT2D eigenvalue weighted by Crippen LogP contribution is -2.36. The standard InChI is InChI=1S/C10H22N2O2S2/c1-2-11-6-3-4-8-16(13,14)12-10-5-7-15-9-10/h10-12H,2-9H2,1H3. The van der Waals surface area contributed by atoms with E-state index in [2.05, 4.69) is 17.0 Å². The normalized spacial score (nSPS) is 21.4. The first-order valence-corrected chi connectivity index (χ1v) is 8.73. The highest BCUT2D eigenvalue weighted by Gasteiger charge is 2.21. The van der Waals surface area contributed by atoms with Crippen LogP contribution in [0.2, 0.25) is 0 Å². The Labute approximate surface area is 103 Å². The maximum Gasteiger partial charge on any atom is 0.211 e. The molecule has 0 aromatic heterocycles. The molecule has 1 saturated heterocycles. The topological polar surface area (TPSA) is 58.2 Å². The van der Waals surface area contributed by atoms with Crippen LogP contribution in [0.1, 0.15) is 26.2 Å². The smallest absolute Gasteiger partial charge is 0.211 e. The first kappa shape index (κ1) is 14.3. The fourth-order valence-corrected chi connectivity index (χ4v) is 4.33. The lowest BCUT2D eigenvalue weighted by Gasteiger charge is -2.11. The minimum Gasteiger partial charge on any atom is -0.317 e. The van der Waals surface area contributed by atoms with Gasteiger partial charge >= 0.3 is 0 Å². The van der Waals surface area contributed by atoms with Gasteiger partial charge in [-0.15, -0.1) is 0 Å². The molecule has 0 aromatic carbocycles. The van der Waals surface area contributed by atoms with Crippen LogP contribution in [0.4, 0.5) is 0 Å². The van der Waals surface area contributed by atoms with E-state index in [4.69, 9.17) is 0 Å². The molecule has 0 aromatic rings. The van der Waals surface area contributed by atoms with Crippen molar-refractivity contribution < 1.29 is 8.42 Å². The lowest BCUT2D eigenvalue weighted by atomic mass is 10.3. The van der Waals surface area contributed by atoms with Gasteiger partial charge in [-0.2, -0.15) is 11.8 Å². The van der Waals surface area contributed by atoms with E-state index in [9.17, 15) is 8.42 Å². The molecule has 0 aliphatic carbocycles. The highest BCUT2D eigenvalue weighted by atomic mass is 32.2. The van der Waals surface area contributed by atoms with Gasteiger partial charge in [0, 0.05) is 11.8 Å². The van der Waals surface area contributed by atoms with Gasteiger partial charge in [0.05, 0.1) is 5.75 Å². The summed E-state index contributed by atoms with van der Waals surface area (Å²) in [6.07, 6.45) is 2.64. The predicted molar refractivity (Wildman–Crippen MR) is 70.4 cm³/mol. The van der Waals surface area contributed by atoms with Crippen molar-refractivity contribution in [3.05, 3.63) is 0 Å². The molecule has 16 heavy (non-hydrogen) atoms. The number of unbranched alkanes of at least 4 members (excludes halogenated alkanes) is 1. The predicted octanol–water partition coefficient (Wildman–Crippen LogP) is 0.801. The summed E-state index contributed by atoms with van der Waals surface area (Å²) in [4.78, 5) is 0. The zero-order valence-electron chi connectivity index (χ0n) is 9.87. The Morgan fingerprint density at radius 2 is 2.19 bits per heavy atom. The first-order chi connectivity index (χ1) is 7.64. The molecule has 1 unspecified atom stereocenters. The third-order valence-corrected chi connectivity index (χ3v) is 5.22. The van der Waals surface area contributed by atoms with Gasteiger partial charge in [-0.1, -0.05) is 6.92 Å². The third kappa shape index (κ3) is 6.08. The minimum atomic E-state index is -3.04. The van der Waals surface area contributed by atoms with E-state index in [-0.39, 0.29) is 11.8 Å². The summed E-state index contributed by atoms with van der Waals surface area (Å²) in [5.41, 5.74) is 0. The Bertz CT molecular complexity index is 275. The van der Waals surface area contributed by atoms with Crippen LogP contribution < -0.4 is 10.0 Å². The van der Waals surface area contributed by atoms with E-state index in [1.165, 1.54) is 0 Å². The van der Waals surface area contributed by atoms with Crippen molar-refractivity contribution in [1.82, 2.24) is 10.0 Å². The van der Waals surface area contributed by atoms with Crippen LogP contribution in [0.15, 0.2) is 0 Å². The van der Waals surface area contributed by atoms with Gasteiger partial charge in [-0.3, -0.25) is 0 Å². The molecule has 4 nitrogen and oxygen atoms in total. The number of thioether (sulfide) groups is 1. The SMILES string of the molecule is CCNCCCCS(=O)(=O)NC1CCSC1.